The van der Waals surface area contributed by atoms with Gasteiger partial charge in [0, 0.05) is 12.6 Å². The third-order valence-corrected chi connectivity index (χ3v) is 4.71. The molecular weight excluding hydrogens is 340 g/mol. The Hall–Kier alpha value is -2.45. The number of imide groups is 3. The lowest BCUT2D eigenvalue weighted by molar-refractivity contribution is -0.145. The number of hydrogen-bond donors (Lipinski definition) is 2. The van der Waals surface area contributed by atoms with E-state index < -0.39 is 36.3 Å². The van der Waals surface area contributed by atoms with Crippen LogP contribution in [-0.4, -0.2) is 58.7 Å². The van der Waals surface area contributed by atoms with E-state index in [9.17, 15) is 24.0 Å². The standard InChI is InChI=1S/C17H26N4O5/c1-10(2)8-18-16(25)19-13(22)9-20-14(23)15(24)21(17(20)26)12-7-5-4-6-11(12)3/h10-12H,4-9H2,1-3H3,(H2,18,19,22,25)/t11-,12-/m0/s1. The summed E-state index contributed by atoms with van der Waals surface area (Å²) in [6.45, 7) is 5.47. The Morgan fingerprint density at radius 3 is 2.38 bits per heavy atom. The molecule has 1 saturated heterocycles. The van der Waals surface area contributed by atoms with E-state index in [-0.39, 0.29) is 17.9 Å². The van der Waals surface area contributed by atoms with Crippen LogP contribution in [0.4, 0.5) is 9.59 Å². The zero-order chi connectivity index (χ0) is 19.4. The number of amides is 7. The maximum absolute atomic E-state index is 12.5. The third-order valence-electron chi connectivity index (χ3n) is 4.71. The summed E-state index contributed by atoms with van der Waals surface area (Å²) in [5.41, 5.74) is 0. The zero-order valence-corrected chi connectivity index (χ0v) is 15.4. The van der Waals surface area contributed by atoms with Crippen molar-refractivity contribution in [3.63, 3.8) is 0 Å². The Balaban J connectivity index is 1.98. The highest BCUT2D eigenvalue weighted by Gasteiger charge is 2.49. The van der Waals surface area contributed by atoms with Gasteiger partial charge in [0.05, 0.1) is 0 Å². The van der Waals surface area contributed by atoms with Gasteiger partial charge in [-0.1, -0.05) is 33.6 Å². The predicted octanol–water partition coefficient (Wildman–Crippen LogP) is 0.838. The number of rotatable bonds is 5. The highest BCUT2D eigenvalue weighted by atomic mass is 16.2. The first-order valence-electron chi connectivity index (χ1n) is 8.99. The quantitative estimate of drug-likeness (QED) is 0.552. The van der Waals surface area contributed by atoms with Crippen molar-refractivity contribution in [2.24, 2.45) is 11.8 Å². The van der Waals surface area contributed by atoms with E-state index in [1.54, 1.807) is 0 Å². The monoisotopic (exact) mass is 366 g/mol. The van der Waals surface area contributed by atoms with Gasteiger partial charge in [-0.15, -0.1) is 0 Å². The molecule has 0 bridgehead atoms. The molecule has 9 heteroatoms. The van der Waals surface area contributed by atoms with Crippen molar-refractivity contribution in [2.75, 3.05) is 13.1 Å². The number of nitrogens with one attached hydrogen (secondary N) is 2. The fourth-order valence-electron chi connectivity index (χ4n) is 3.29. The molecule has 1 heterocycles. The van der Waals surface area contributed by atoms with E-state index in [1.807, 2.05) is 20.8 Å². The Bertz CT molecular complexity index is 618. The van der Waals surface area contributed by atoms with Crippen molar-refractivity contribution < 1.29 is 24.0 Å². The van der Waals surface area contributed by atoms with E-state index in [0.717, 1.165) is 24.2 Å². The highest BCUT2D eigenvalue weighted by Crippen LogP contribution is 2.31. The molecule has 1 aliphatic heterocycles. The minimum atomic E-state index is -1.02. The third kappa shape index (κ3) is 4.39. The molecule has 9 nitrogen and oxygen atoms in total. The molecule has 0 aromatic carbocycles. The van der Waals surface area contributed by atoms with Crippen LogP contribution in [0.3, 0.4) is 0 Å². The summed E-state index contributed by atoms with van der Waals surface area (Å²) in [5, 5.41) is 4.56. The molecule has 0 unspecified atom stereocenters. The van der Waals surface area contributed by atoms with Crippen molar-refractivity contribution in [3.05, 3.63) is 0 Å². The van der Waals surface area contributed by atoms with Gasteiger partial charge in [0.2, 0.25) is 5.91 Å². The molecule has 2 rings (SSSR count). The summed E-state index contributed by atoms with van der Waals surface area (Å²) < 4.78 is 0. The summed E-state index contributed by atoms with van der Waals surface area (Å²) >= 11 is 0. The molecule has 7 amide bonds. The second kappa shape index (κ2) is 8.29. The van der Waals surface area contributed by atoms with Gasteiger partial charge >= 0.3 is 23.9 Å². The first-order valence-corrected chi connectivity index (χ1v) is 8.99. The molecule has 26 heavy (non-hydrogen) atoms. The Morgan fingerprint density at radius 2 is 1.77 bits per heavy atom. The fraction of sp³-hybridized carbons (Fsp3) is 0.706. The zero-order valence-electron chi connectivity index (χ0n) is 15.4. The number of carbonyl (C=O) groups is 5. The minimum absolute atomic E-state index is 0.111. The Morgan fingerprint density at radius 1 is 1.12 bits per heavy atom. The predicted molar refractivity (Wildman–Crippen MR) is 91.8 cm³/mol. The molecule has 0 spiro atoms. The summed E-state index contributed by atoms with van der Waals surface area (Å²) in [4.78, 5) is 62.1. The van der Waals surface area contributed by atoms with Crippen molar-refractivity contribution in [2.45, 2.75) is 52.5 Å². The van der Waals surface area contributed by atoms with E-state index in [2.05, 4.69) is 10.6 Å². The van der Waals surface area contributed by atoms with Gasteiger partial charge < -0.3 is 5.32 Å². The number of urea groups is 2. The van der Waals surface area contributed by atoms with Crippen LogP contribution in [0.1, 0.15) is 46.5 Å². The van der Waals surface area contributed by atoms with Gasteiger partial charge in [-0.25, -0.2) is 14.5 Å². The van der Waals surface area contributed by atoms with E-state index in [1.165, 1.54) is 0 Å². The van der Waals surface area contributed by atoms with Gasteiger partial charge in [-0.2, -0.15) is 0 Å². The van der Waals surface area contributed by atoms with Crippen molar-refractivity contribution in [1.29, 1.82) is 0 Å². The topological polar surface area (TPSA) is 116 Å². The lowest BCUT2D eigenvalue weighted by Crippen LogP contribution is -2.48. The van der Waals surface area contributed by atoms with Crippen molar-refractivity contribution in [1.82, 2.24) is 20.4 Å². The maximum atomic E-state index is 12.5. The molecule has 2 fully saturated rings. The second-order valence-electron chi connectivity index (χ2n) is 7.33. The van der Waals surface area contributed by atoms with Gasteiger partial charge in [-0.05, 0) is 24.7 Å². The van der Waals surface area contributed by atoms with Crippen LogP contribution in [0.5, 0.6) is 0 Å². The molecule has 1 saturated carbocycles. The van der Waals surface area contributed by atoms with Crippen LogP contribution in [0.15, 0.2) is 0 Å². The van der Waals surface area contributed by atoms with Gasteiger partial charge in [0.15, 0.2) is 0 Å². The van der Waals surface area contributed by atoms with Crippen LogP contribution in [0, 0.1) is 11.8 Å². The average molecular weight is 366 g/mol. The molecule has 0 radical (unpaired) electrons. The van der Waals surface area contributed by atoms with E-state index in [0.29, 0.717) is 17.9 Å². The maximum Gasteiger partial charge on any atom is 0.334 e. The second-order valence-corrected chi connectivity index (χ2v) is 7.33. The van der Waals surface area contributed by atoms with Gasteiger partial charge in [0.25, 0.3) is 0 Å². The fourth-order valence-corrected chi connectivity index (χ4v) is 3.29. The molecular formula is C17H26N4O5. The highest BCUT2D eigenvalue weighted by molar-refractivity contribution is 6.45. The summed E-state index contributed by atoms with van der Waals surface area (Å²) in [7, 11) is 0. The van der Waals surface area contributed by atoms with Crippen LogP contribution < -0.4 is 10.6 Å². The lowest BCUT2D eigenvalue weighted by Gasteiger charge is -2.34. The molecule has 144 valence electrons. The SMILES string of the molecule is CC(C)CNC(=O)NC(=O)CN1C(=O)C(=O)N([C@H]2CCCC[C@@H]2C)C1=O. The number of carbonyl (C=O) groups excluding carboxylic acids is 5. The van der Waals surface area contributed by atoms with Crippen LogP contribution >= 0.6 is 0 Å². The lowest BCUT2D eigenvalue weighted by atomic mass is 9.85. The number of nitrogens with zero attached hydrogens (tertiary/aromatic N) is 2. The molecule has 0 aromatic heterocycles. The molecule has 2 atom stereocenters. The number of hydrogen-bond acceptors (Lipinski definition) is 5. The largest absolute Gasteiger partial charge is 0.338 e. The normalized spacial score (nSPS) is 23.6. The Labute approximate surface area is 152 Å². The average Bonchev–Trinajstić information content (AvgIpc) is 2.77. The molecule has 2 aliphatic rings. The summed E-state index contributed by atoms with van der Waals surface area (Å²) in [6, 6.07) is -1.81. The molecule has 1 aliphatic carbocycles. The van der Waals surface area contributed by atoms with Crippen molar-refractivity contribution in [3.8, 4) is 0 Å². The summed E-state index contributed by atoms with van der Waals surface area (Å²) in [6.07, 6.45) is 3.45. The van der Waals surface area contributed by atoms with E-state index in [4.69, 9.17) is 0 Å². The van der Waals surface area contributed by atoms with Crippen LogP contribution in [-0.2, 0) is 14.4 Å². The Kier molecular flexibility index (Phi) is 6.33. The summed E-state index contributed by atoms with van der Waals surface area (Å²) in [5.74, 6) is -2.42. The smallest absolute Gasteiger partial charge is 0.334 e. The molecule has 2 N–H and O–H groups in total. The minimum Gasteiger partial charge on any atom is -0.338 e. The first-order chi connectivity index (χ1) is 12.2. The van der Waals surface area contributed by atoms with Crippen LogP contribution in [0.25, 0.3) is 0 Å². The van der Waals surface area contributed by atoms with Crippen molar-refractivity contribution >= 4 is 29.8 Å². The van der Waals surface area contributed by atoms with E-state index >= 15 is 0 Å². The first kappa shape index (κ1) is 19.9. The van der Waals surface area contributed by atoms with Gasteiger partial charge in [-0.3, -0.25) is 24.6 Å². The molecule has 0 aromatic rings. The van der Waals surface area contributed by atoms with Crippen LogP contribution in [0.2, 0.25) is 0 Å². The van der Waals surface area contributed by atoms with Gasteiger partial charge in [0.1, 0.15) is 6.54 Å².